The normalized spacial score (nSPS) is 10.7. The van der Waals surface area contributed by atoms with Crippen molar-refractivity contribution in [3.63, 3.8) is 0 Å². The molecular weight excluding hydrogens is 214 g/mol. The van der Waals surface area contributed by atoms with Gasteiger partial charge in [-0.05, 0) is 26.9 Å². The lowest BCUT2D eigenvalue weighted by molar-refractivity contribution is 0.660. The highest BCUT2D eigenvalue weighted by Crippen LogP contribution is 2.19. The summed E-state index contributed by atoms with van der Waals surface area (Å²) in [6, 6.07) is 0. The highest BCUT2D eigenvalue weighted by Gasteiger charge is 2.11. The summed E-state index contributed by atoms with van der Waals surface area (Å²) < 4.78 is 1.94. The van der Waals surface area contributed by atoms with Crippen LogP contribution in [-0.2, 0) is 13.0 Å². The van der Waals surface area contributed by atoms with Crippen LogP contribution in [0.5, 0.6) is 0 Å². The molecule has 5 heteroatoms. The van der Waals surface area contributed by atoms with E-state index in [1.807, 2.05) is 11.7 Å². The van der Waals surface area contributed by atoms with Crippen LogP contribution >= 0.6 is 0 Å². The van der Waals surface area contributed by atoms with E-state index in [2.05, 4.69) is 33.5 Å². The smallest absolute Gasteiger partial charge is 0.115 e. The second-order valence-electron chi connectivity index (χ2n) is 3.80. The monoisotopic (exact) mass is 231 g/mol. The number of nitrogens with one attached hydrogen (secondary N) is 1. The second kappa shape index (κ2) is 5.54. The molecule has 0 aliphatic rings. The largest absolute Gasteiger partial charge is 0.319 e. The summed E-state index contributed by atoms with van der Waals surface area (Å²) in [7, 11) is 1.95. The minimum absolute atomic E-state index is 0.839. The maximum absolute atomic E-state index is 4.54. The Morgan fingerprint density at radius 1 is 1.35 bits per heavy atom. The zero-order valence-electron chi connectivity index (χ0n) is 10.2. The van der Waals surface area contributed by atoms with E-state index in [9.17, 15) is 0 Å². The van der Waals surface area contributed by atoms with Crippen molar-refractivity contribution in [1.82, 2.24) is 25.1 Å². The number of likely N-dealkylation sites (N-methyl/N-ethyl adjacent to an activating group) is 1. The first-order valence-electron chi connectivity index (χ1n) is 5.82. The third kappa shape index (κ3) is 2.68. The maximum atomic E-state index is 4.54. The predicted octanol–water partition coefficient (Wildman–Crippen LogP) is 1.12. The fourth-order valence-electron chi connectivity index (χ4n) is 1.70. The molecule has 2 aromatic heterocycles. The van der Waals surface area contributed by atoms with Crippen molar-refractivity contribution in [2.24, 2.45) is 0 Å². The summed E-state index contributed by atoms with van der Waals surface area (Å²) in [5, 5.41) is 7.69. The topological polar surface area (TPSA) is 55.6 Å². The molecule has 0 saturated heterocycles. The van der Waals surface area contributed by atoms with Crippen LogP contribution in [0.4, 0.5) is 0 Å². The summed E-state index contributed by atoms with van der Waals surface area (Å²) in [6.07, 6.45) is 8.16. The maximum Gasteiger partial charge on any atom is 0.115 e. The average molecular weight is 231 g/mol. The van der Waals surface area contributed by atoms with Crippen molar-refractivity contribution < 1.29 is 0 Å². The van der Waals surface area contributed by atoms with E-state index in [-0.39, 0.29) is 0 Å². The molecule has 0 radical (unpaired) electrons. The molecule has 0 atom stereocenters. The van der Waals surface area contributed by atoms with E-state index in [0.29, 0.717) is 0 Å². The van der Waals surface area contributed by atoms with Gasteiger partial charge in [0.25, 0.3) is 0 Å². The van der Waals surface area contributed by atoms with Crippen molar-refractivity contribution in [2.75, 3.05) is 13.6 Å². The van der Waals surface area contributed by atoms with E-state index in [1.165, 1.54) is 5.56 Å². The van der Waals surface area contributed by atoms with E-state index in [1.54, 1.807) is 18.6 Å². The number of aryl methyl sites for hydroxylation is 1. The minimum Gasteiger partial charge on any atom is -0.319 e. The van der Waals surface area contributed by atoms with E-state index < -0.39 is 0 Å². The van der Waals surface area contributed by atoms with Crippen LogP contribution in [0.15, 0.2) is 24.8 Å². The van der Waals surface area contributed by atoms with Crippen molar-refractivity contribution in [3.05, 3.63) is 30.4 Å². The summed E-state index contributed by atoms with van der Waals surface area (Å²) in [6.45, 7) is 3.88. The molecule has 0 aliphatic heterocycles. The van der Waals surface area contributed by atoms with E-state index in [0.717, 1.165) is 30.9 Å². The van der Waals surface area contributed by atoms with Crippen LogP contribution in [-0.4, -0.2) is 33.3 Å². The van der Waals surface area contributed by atoms with Crippen molar-refractivity contribution in [2.45, 2.75) is 19.9 Å². The summed E-state index contributed by atoms with van der Waals surface area (Å²) in [4.78, 5) is 8.40. The molecule has 90 valence electrons. The number of nitrogens with zero attached hydrogens (tertiary/aromatic N) is 4. The van der Waals surface area contributed by atoms with Gasteiger partial charge in [-0.15, -0.1) is 0 Å². The Hall–Kier alpha value is -1.75. The SMILES string of the molecule is CCn1cc(CCNC)c(-c2cnccn2)n1. The lowest BCUT2D eigenvalue weighted by Crippen LogP contribution is -2.10. The molecule has 0 aromatic carbocycles. The number of hydrogen-bond donors (Lipinski definition) is 1. The molecular formula is C12H17N5. The number of rotatable bonds is 5. The van der Waals surface area contributed by atoms with Crippen LogP contribution < -0.4 is 5.32 Å². The van der Waals surface area contributed by atoms with Crippen molar-refractivity contribution in [1.29, 1.82) is 0 Å². The zero-order chi connectivity index (χ0) is 12.1. The average Bonchev–Trinajstić information content (AvgIpc) is 2.80. The molecule has 2 rings (SSSR count). The van der Waals surface area contributed by atoms with Gasteiger partial charge in [-0.25, -0.2) is 0 Å². The molecule has 1 N–H and O–H groups in total. The van der Waals surface area contributed by atoms with Crippen LogP contribution in [0, 0.1) is 0 Å². The van der Waals surface area contributed by atoms with Gasteiger partial charge in [0.1, 0.15) is 11.4 Å². The van der Waals surface area contributed by atoms with Gasteiger partial charge < -0.3 is 5.32 Å². The van der Waals surface area contributed by atoms with E-state index in [4.69, 9.17) is 0 Å². The molecule has 0 spiro atoms. The Balaban J connectivity index is 2.34. The Kier molecular flexibility index (Phi) is 3.82. The van der Waals surface area contributed by atoms with Gasteiger partial charge in [0, 0.05) is 30.7 Å². The summed E-state index contributed by atoms with van der Waals surface area (Å²) in [5.41, 5.74) is 2.99. The standard InChI is InChI=1S/C12H17N5/c1-3-17-9-10(4-5-13-2)12(16-17)11-8-14-6-7-15-11/h6-9,13H,3-5H2,1-2H3. The first kappa shape index (κ1) is 11.7. The zero-order valence-corrected chi connectivity index (χ0v) is 10.2. The van der Waals surface area contributed by atoms with Crippen molar-refractivity contribution >= 4 is 0 Å². The molecule has 17 heavy (non-hydrogen) atoms. The molecule has 0 aliphatic carbocycles. The molecule has 2 aromatic rings. The highest BCUT2D eigenvalue weighted by atomic mass is 15.3. The molecule has 2 heterocycles. The van der Waals surface area contributed by atoms with Crippen LogP contribution in [0.1, 0.15) is 12.5 Å². The fourth-order valence-corrected chi connectivity index (χ4v) is 1.70. The Labute approximate surface area is 101 Å². The Morgan fingerprint density at radius 3 is 2.88 bits per heavy atom. The third-order valence-electron chi connectivity index (χ3n) is 2.61. The first-order chi connectivity index (χ1) is 8.35. The van der Waals surface area contributed by atoms with Gasteiger partial charge in [-0.1, -0.05) is 0 Å². The molecule has 0 saturated carbocycles. The fraction of sp³-hybridized carbons (Fsp3) is 0.417. The van der Waals surface area contributed by atoms with Gasteiger partial charge in [-0.2, -0.15) is 5.10 Å². The lowest BCUT2D eigenvalue weighted by Gasteiger charge is -2.00. The summed E-state index contributed by atoms with van der Waals surface area (Å²) >= 11 is 0. The quantitative estimate of drug-likeness (QED) is 0.838. The van der Waals surface area contributed by atoms with Crippen molar-refractivity contribution in [3.8, 4) is 11.4 Å². The number of hydrogen-bond acceptors (Lipinski definition) is 4. The first-order valence-corrected chi connectivity index (χ1v) is 5.82. The lowest BCUT2D eigenvalue weighted by atomic mass is 10.1. The highest BCUT2D eigenvalue weighted by molar-refractivity contribution is 5.57. The molecule has 0 bridgehead atoms. The van der Waals surface area contributed by atoms with Gasteiger partial charge in [0.05, 0.1) is 6.20 Å². The molecule has 0 amide bonds. The number of aromatic nitrogens is 4. The molecule has 5 nitrogen and oxygen atoms in total. The van der Waals surface area contributed by atoms with Gasteiger partial charge in [0.2, 0.25) is 0 Å². The molecule has 0 fully saturated rings. The van der Waals surface area contributed by atoms with Gasteiger partial charge in [-0.3, -0.25) is 14.6 Å². The van der Waals surface area contributed by atoms with Crippen LogP contribution in [0.2, 0.25) is 0 Å². The Morgan fingerprint density at radius 2 is 2.24 bits per heavy atom. The van der Waals surface area contributed by atoms with E-state index >= 15 is 0 Å². The van der Waals surface area contributed by atoms with Gasteiger partial charge >= 0.3 is 0 Å². The molecule has 0 unspecified atom stereocenters. The second-order valence-corrected chi connectivity index (χ2v) is 3.80. The summed E-state index contributed by atoms with van der Waals surface area (Å²) in [5.74, 6) is 0. The predicted molar refractivity (Wildman–Crippen MR) is 66.6 cm³/mol. The minimum atomic E-state index is 0.839. The van der Waals surface area contributed by atoms with Crippen LogP contribution in [0.3, 0.4) is 0 Å². The Bertz CT molecular complexity index is 463. The third-order valence-corrected chi connectivity index (χ3v) is 2.61. The van der Waals surface area contributed by atoms with Gasteiger partial charge in [0.15, 0.2) is 0 Å². The van der Waals surface area contributed by atoms with Crippen LogP contribution in [0.25, 0.3) is 11.4 Å².